The summed E-state index contributed by atoms with van der Waals surface area (Å²) in [7, 11) is 0. The average molecular weight is 305 g/mol. The van der Waals surface area contributed by atoms with Crippen LogP contribution < -0.4 is 0 Å². The van der Waals surface area contributed by atoms with Gasteiger partial charge < -0.3 is 5.11 Å². The minimum atomic E-state index is -0.995. The van der Waals surface area contributed by atoms with Crippen molar-refractivity contribution in [3.63, 3.8) is 0 Å². The van der Waals surface area contributed by atoms with E-state index in [0.29, 0.717) is 5.03 Å². The number of carbonyl (C=O) groups is 2. The molecule has 2 aliphatic rings. The van der Waals surface area contributed by atoms with Gasteiger partial charge in [0.15, 0.2) is 0 Å². The second kappa shape index (κ2) is 4.57. The summed E-state index contributed by atoms with van der Waals surface area (Å²) in [6.07, 6.45) is 3.55. The van der Waals surface area contributed by atoms with E-state index in [1.54, 1.807) is 18.3 Å². The van der Waals surface area contributed by atoms with E-state index in [1.165, 1.54) is 11.8 Å². The van der Waals surface area contributed by atoms with Crippen LogP contribution in [0.15, 0.2) is 23.4 Å². The number of nitrogens with zero attached hydrogens (tertiary/aromatic N) is 1. The summed E-state index contributed by atoms with van der Waals surface area (Å²) in [4.78, 5) is 28.2. The van der Waals surface area contributed by atoms with Gasteiger partial charge in [0.1, 0.15) is 10.8 Å². The number of carboxylic acid groups (broad SMARTS) is 1. The molecule has 0 radical (unpaired) electrons. The van der Waals surface area contributed by atoms with Crippen molar-refractivity contribution in [3.8, 4) is 0 Å². The van der Waals surface area contributed by atoms with Crippen LogP contribution in [0.2, 0.25) is 0 Å². The Kier molecular flexibility index (Phi) is 3.17. The number of carboxylic acids is 1. The van der Waals surface area contributed by atoms with Crippen LogP contribution in [-0.2, 0) is 4.79 Å². The van der Waals surface area contributed by atoms with Gasteiger partial charge in [-0.25, -0.2) is 9.78 Å². The highest BCUT2D eigenvalue weighted by Gasteiger charge is 2.66. The van der Waals surface area contributed by atoms with E-state index in [1.807, 2.05) is 0 Å². The molecule has 2 saturated carbocycles. The highest BCUT2D eigenvalue weighted by atomic mass is 32.2. The first kappa shape index (κ1) is 14.6. The average Bonchev–Trinajstić information content (AvgIpc) is 2.73. The maximum absolute atomic E-state index is 12.7. The van der Waals surface area contributed by atoms with E-state index in [9.17, 15) is 14.7 Å². The standard InChI is InChI=1S/C16H19NO3S/c1-15(2)10-6-7-16(15,3)12(11(10)18)21-13-9(14(19)20)5-4-8-17-13/h4-5,8,10,12H,6-7H2,1-3H3,(H,19,20)/t10-,12-,16+/m1/s1. The molecule has 1 heterocycles. The molecule has 112 valence electrons. The van der Waals surface area contributed by atoms with Gasteiger partial charge in [-0.1, -0.05) is 32.5 Å². The fourth-order valence-electron chi connectivity index (χ4n) is 3.94. The summed E-state index contributed by atoms with van der Waals surface area (Å²) in [5.41, 5.74) is 0.0616. The highest BCUT2D eigenvalue weighted by Crippen LogP contribution is 2.67. The van der Waals surface area contributed by atoms with Crippen molar-refractivity contribution in [1.29, 1.82) is 0 Å². The smallest absolute Gasteiger partial charge is 0.338 e. The molecular weight excluding hydrogens is 286 g/mol. The van der Waals surface area contributed by atoms with Gasteiger partial charge in [-0.05, 0) is 35.8 Å². The molecule has 0 aromatic carbocycles. The molecule has 0 aliphatic heterocycles. The zero-order valence-electron chi connectivity index (χ0n) is 12.4. The number of rotatable bonds is 3. The van der Waals surface area contributed by atoms with E-state index < -0.39 is 5.97 Å². The summed E-state index contributed by atoms with van der Waals surface area (Å²) in [5, 5.41) is 9.52. The molecule has 2 bridgehead atoms. The molecule has 0 spiro atoms. The second-order valence-corrected chi connectivity index (χ2v) is 7.89. The Labute approximate surface area is 128 Å². The summed E-state index contributed by atoms with van der Waals surface area (Å²) in [6.45, 7) is 6.50. The molecule has 21 heavy (non-hydrogen) atoms. The first-order valence-corrected chi connectivity index (χ1v) is 8.05. The van der Waals surface area contributed by atoms with Crippen molar-refractivity contribution in [2.24, 2.45) is 16.7 Å². The number of fused-ring (bicyclic) bond motifs is 2. The van der Waals surface area contributed by atoms with Gasteiger partial charge in [-0.2, -0.15) is 0 Å². The normalized spacial score (nSPS) is 33.4. The van der Waals surface area contributed by atoms with Crippen molar-refractivity contribution < 1.29 is 14.7 Å². The molecule has 2 aliphatic carbocycles. The number of carbonyl (C=O) groups excluding carboxylic acids is 1. The van der Waals surface area contributed by atoms with Gasteiger partial charge in [-0.15, -0.1) is 0 Å². The quantitative estimate of drug-likeness (QED) is 0.928. The van der Waals surface area contributed by atoms with Crippen LogP contribution in [-0.4, -0.2) is 27.1 Å². The molecule has 0 amide bonds. The molecule has 4 nitrogen and oxygen atoms in total. The molecule has 0 saturated heterocycles. The lowest BCUT2D eigenvalue weighted by Gasteiger charge is -2.37. The summed E-state index contributed by atoms with van der Waals surface area (Å²) < 4.78 is 0. The fraction of sp³-hybridized carbons (Fsp3) is 0.562. The minimum Gasteiger partial charge on any atom is -0.478 e. The molecule has 1 N–H and O–H groups in total. The van der Waals surface area contributed by atoms with Crippen molar-refractivity contribution >= 4 is 23.5 Å². The molecule has 1 aromatic rings. The van der Waals surface area contributed by atoms with Crippen LogP contribution in [0.5, 0.6) is 0 Å². The summed E-state index contributed by atoms with van der Waals surface area (Å²) in [5.74, 6) is -0.636. The van der Waals surface area contributed by atoms with E-state index in [2.05, 4.69) is 25.8 Å². The zero-order chi connectivity index (χ0) is 15.4. The van der Waals surface area contributed by atoms with E-state index in [0.717, 1.165) is 12.8 Å². The van der Waals surface area contributed by atoms with E-state index >= 15 is 0 Å². The predicted octanol–water partition coefficient (Wildman–Crippen LogP) is 3.27. The van der Waals surface area contributed by atoms with Gasteiger partial charge in [0.05, 0.1) is 10.8 Å². The molecule has 3 rings (SSSR count). The van der Waals surface area contributed by atoms with Crippen molar-refractivity contribution in [2.45, 2.75) is 43.9 Å². The molecule has 1 aromatic heterocycles. The number of thioether (sulfide) groups is 1. The summed E-state index contributed by atoms with van der Waals surface area (Å²) in [6, 6.07) is 3.16. The second-order valence-electron chi connectivity index (χ2n) is 6.79. The van der Waals surface area contributed by atoms with Gasteiger partial charge in [0.2, 0.25) is 0 Å². The number of ketones is 1. The van der Waals surface area contributed by atoms with Crippen molar-refractivity contribution in [2.75, 3.05) is 0 Å². The molecule has 0 unspecified atom stereocenters. The molecule has 3 atom stereocenters. The van der Waals surface area contributed by atoms with Crippen LogP contribution in [0.4, 0.5) is 0 Å². The SMILES string of the molecule is CC1(C)[C@@H]2CC[C@@]1(C)[C@H](Sc1ncccc1C(=O)O)C2=O. The maximum atomic E-state index is 12.7. The predicted molar refractivity (Wildman–Crippen MR) is 80.5 cm³/mol. The van der Waals surface area contributed by atoms with Crippen LogP contribution in [0.25, 0.3) is 0 Å². The Morgan fingerprint density at radius 3 is 2.71 bits per heavy atom. The number of hydrogen-bond donors (Lipinski definition) is 1. The number of Topliss-reactive ketones (excluding diaryl/α,β-unsaturated/α-hetero) is 1. The molecule has 2 fully saturated rings. The van der Waals surface area contributed by atoms with Gasteiger partial charge in [0, 0.05) is 12.1 Å². The third-order valence-corrected chi connectivity index (χ3v) is 7.24. The summed E-state index contributed by atoms with van der Waals surface area (Å²) >= 11 is 1.34. The van der Waals surface area contributed by atoms with Crippen molar-refractivity contribution in [1.82, 2.24) is 4.98 Å². The molecule has 5 heteroatoms. The van der Waals surface area contributed by atoms with Crippen LogP contribution in [0.1, 0.15) is 44.0 Å². The van der Waals surface area contributed by atoms with Crippen LogP contribution in [0.3, 0.4) is 0 Å². The Morgan fingerprint density at radius 2 is 2.14 bits per heavy atom. The van der Waals surface area contributed by atoms with Gasteiger partial charge in [0.25, 0.3) is 0 Å². The Bertz CT molecular complexity index is 628. The lowest BCUT2D eigenvalue weighted by Crippen LogP contribution is -2.35. The molecular formula is C16H19NO3S. The first-order valence-electron chi connectivity index (χ1n) is 7.18. The lowest BCUT2D eigenvalue weighted by atomic mass is 9.71. The highest BCUT2D eigenvalue weighted by molar-refractivity contribution is 8.00. The Balaban J connectivity index is 1.97. The number of hydrogen-bond acceptors (Lipinski definition) is 4. The third-order valence-electron chi connectivity index (χ3n) is 5.71. The van der Waals surface area contributed by atoms with Crippen molar-refractivity contribution in [3.05, 3.63) is 23.9 Å². The minimum absolute atomic E-state index is 0.0279. The zero-order valence-corrected chi connectivity index (χ0v) is 13.2. The number of pyridine rings is 1. The lowest BCUT2D eigenvalue weighted by molar-refractivity contribution is -0.122. The monoisotopic (exact) mass is 305 g/mol. The van der Waals surface area contributed by atoms with E-state index in [4.69, 9.17) is 0 Å². The Morgan fingerprint density at radius 1 is 1.43 bits per heavy atom. The van der Waals surface area contributed by atoms with Gasteiger partial charge in [-0.3, -0.25) is 4.79 Å². The van der Waals surface area contributed by atoms with Crippen LogP contribution >= 0.6 is 11.8 Å². The first-order chi connectivity index (χ1) is 9.79. The number of aromatic carboxylic acids is 1. The van der Waals surface area contributed by atoms with Crippen LogP contribution in [0, 0.1) is 16.7 Å². The Hall–Kier alpha value is -1.36. The maximum Gasteiger partial charge on any atom is 0.338 e. The third kappa shape index (κ3) is 1.86. The number of aromatic nitrogens is 1. The van der Waals surface area contributed by atoms with E-state index in [-0.39, 0.29) is 33.3 Å². The largest absolute Gasteiger partial charge is 0.478 e. The fourth-order valence-corrected chi connectivity index (χ4v) is 5.53. The van der Waals surface area contributed by atoms with Gasteiger partial charge >= 0.3 is 5.97 Å². The topological polar surface area (TPSA) is 67.3 Å².